The molecule has 0 bridgehead atoms. The summed E-state index contributed by atoms with van der Waals surface area (Å²) < 4.78 is 1.86. The van der Waals surface area contributed by atoms with Gasteiger partial charge in [0.15, 0.2) is 5.78 Å². The fourth-order valence-electron chi connectivity index (χ4n) is 3.57. The Hall–Kier alpha value is -2.37. The molecule has 2 heterocycles. The van der Waals surface area contributed by atoms with E-state index in [1.807, 2.05) is 32.5 Å². The average molecular weight is 328 g/mol. The van der Waals surface area contributed by atoms with E-state index in [0.717, 1.165) is 47.5 Å². The first-order valence-electron chi connectivity index (χ1n) is 8.42. The smallest absolute Gasteiger partial charge is 0.268 e. The Kier molecular flexibility index (Phi) is 4.30. The van der Waals surface area contributed by atoms with E-state index in [0.29, 0.717) is 18.7 Å². The molecule has 0 spiro atoms. The van der Waals surface area contributed by atoms with E-state index >= 15 is 0 Å². The van der Waals surface area contributed by atoms with Crippen molar-refractivity contribution in [2.45, 2.75) is 46.5 Å². The quantitative estimate of drug-likeness (QED) is 0.902. The molecule has 0 saturated carbocycles. The van der Waals surface area contributed by atoms with Crippen molar-refractivity contribution in [3.05, 3.63) is 39.5 Å². The summed E-state index contributed by atoms with van der Waals surface area (Å²) in [5.41, 5.74) is 6.24. The van der Waals surface area contributed by atoms with Gasteiger partial charge in [-0.3, -0.25) is 14.3 Å². The van der Waals surface area contributed by atoms with Crippen LogP contribution in [-0.2, 0) is 19.9 Å². The first kappa shape index (κ1) is 16.5. The van der Waals surface area contributed by atoms with E-state index < -0.39 is 0 Å². The number of amides is 1. The van der Waals surface area contributed by atoms with Crippen LogP contribution in [0.2, 0.25) is 0 Å². The summed E-state index contributed by atoms with van der Waals surface area (Å²) in [4.78, 5) is 27.7. The highest BCUT2D eigenvalue weighted by Crippen LogP contribution is 2.26. The van der Waals surface area contributed by atoms with Crippen molar-refractivity contribution in [3.8, 4) is 0 Å². The average Bonchev–Trinajstić information content (AvgIpc) is 2.99. The molecule has 6 heteroatoms. The highest BCUT2D eigenvalue weighted by Gasteiger charge is 2.26. The van der Waals surface area contributed by atoms with Gasteiger partial charge in [-0.1, -0.05) is 0 Å². The lowest BCUT2D eigenvalue weighted by molar-refractivity contribution is 0.0948. The molecule has 0 aliphatic heterocycles. The molecule has 0 atom stereocenters. The van der Waals surface area contributed by atoms with Crippen molar-refractivity contribution in [1.82, 2.24) is 20.1 Å². The summed E-state index contributed by atoms with van der Waals surface area (Å²) in [6.45, 7) is 6.41. The second kappa shape index (κ2) is 6.26. The summed E-state index contributed by atoms with van der Waals surface area (Å²) in [5.74, 6) is -0.000411. The highest BCUT2D eigenvalue weighted by atomic mass is 16.2. The van der Waals surface area contributed by atoms with E-state index in [4.69, 9.17) is 0 Å². The van der Waals surface area contributed by atoms with E-state index in [1.54, 1.807) is 0 Å². The molecule has 0 radical (unpaired) electrons. The van der Waals surface area contributed by atoms with Crippen LogP contribution in [-0.4, -0.2) is 33.0 Å². The van der Waals surface area contributed by atoms with Gasteiger partial charge in [0.05, 0.1) is 5.69 Å². The normalized spacial score (nSPS) is 13.9. The van der Waals surface area contributed by atoms with Crippen molar-refractivity contribution >= 4 is 11.7 Å². The summed E-state index contributed by atoms with van der Waals surface area (Å²) in [7, 11) is 1.92. The summed E-state index contributed by atoms with van der Waals surface area (Å²) in [6.07, 6.45) is 3.01. The number of hydrogen-bond acceptors (Lipinski definition) is 3. The Bertz CT molecular complexity index is 814. The first-order chi connectivity index (χ1) is 11.4. The fourth-order valence-corrected chi connectivity index (χ4v) is 3.57. The summed E-state index contributed by atoms with van der Waals surface area (Å²) in [5, 5.41) is 7.35. The van der Waals surface area contributed by atoms with Gasteiger partial charge in [0.25, 0.3) is 5.91 Å². The van der Waals surface area contributed by atoms with Crippen molar-refractivity contribution in [1.29, 1.82) is 0 Å². The maximum absolute atomic E-state index is 12.5. The fraction of sp³-hybridized carbons (Fsp3) is 0.500. The van der Waals surface area contributed by atoms with Crippen LogP contribution < -0.4 is 5.32 Å². The molecule has 6 nitrogen and oxygen atoms in total. The number of aromatic amines is 1. The topological polar surface area (TPSA) is 79.8 Å². The maximum atomic E-state index is 12.5. The second-order valence-electron chi connectivity index (χ2n) is 6.53. The Labute approximate surface area is 141 Å². The zero-order chi connectivity index (χ0) is 17.4. The van der Waals surface area contributed by atoms with Gasteiger partial charge >= 0.3 is 0 Å². The lowest BCUT2D eigenvalue weighted by Gasteiger charge is -2.09. The molecule has 0 saturated heterocycles. The van der Waals surface area contributed by atoms with Crippen LogP contribution in [0.1, 0.15) is 61.9 Å². The van der Waals surface area contributed by atoms with Crippen LogP contribution >= 0.6 is 0 Å². The molecular weight excluding hydrogens is 304 g/mol. The van der Waals surface area contributed by atoms with Gasteiger partial charge in [0.2, 0.25) is 0 Å². The molecule has 2 aromatic rings. The Morgan fingerprint density at radius 3 is 2.67 bits per heavy atom. The van der Waals surface area contributed by atoms with Crippen molar-refractivity contribution in [2.75, 3.05) is 6.54 Å². The Morgan fingerprint density at radius 2 is 2.04 bits per heavy atom. The largest absolute Gasteiger partial charge is 0.354 e. The highest BCUT2D eigenvalue weighted by molar-refractivity contribution is 6.04. The number of nitrogens with one attached hydrogen (secondary N) is 2. The van der Waals surface area contributed by atoms with E-state index in [9.17, 15) is 9.59 Å². The van der Waals surface area contributed by atoms with Crippen LogP contribution in [0, 0.1) is 20.8 Å². The number of hydrogen-bond donors (Lipinski definition) is 2. The SMILES string of the molecule is Cc1nn(C)c(C)c1CCNC(=O)c1[nH]c2c(c1C)C(=O)CCC2. The molecule has 128 valence electrons. The first-order valence-corrected chi connectivity index (χ1v) is 8.42. The zero-order valence-corrected chi connectivity index (χ0v) is 14.7. The third kappa shape index (κ3) is 2.77. The third-order valence-corrected chi connectivity index (χ3v) is 4.98. The zero-order valence-electron chi connectivity index (χ0n) is 14.7. The molecule has 1 amide bonds. The molecule has 2 aromatic heterocycles. The molecule has 1 aliphatic carbocycles. The molecule has 2 N–H and O–H groups in total. The standard InChI is InChI=1S/C18H24N4O2/c1-10-16-14(6-5-7-15(16)23)20-17(10)18(24)19-9-8-13-11(2)21-22(4)12(13)3/h20H,5-9H2,1-4H3,(H,19,24). The molecule has 3 rings (SSSR count). The number of fused-ring (bicyclic) bond motifs is 1. The molecule has 0 fully saturated rings. The summed E-state index contributed by atoms with van der Waals surface area (Å²) in [6, 6.07) is 0. The van der Waals surface area contributed by atoms with Crippen molar-refractivity contribution in [2.24, 2.45) is 7.05 Å². The predicted octanol–water partition coefficient (Wildman–Crippen LogP) is 2.16. The van der Waals surface area contributed by atoms with Gasteiger partial charge in [-0.05, 0) is 51.2 Å². The van der Waals surface area contributed by atoms with Gasteiger partial charge in [0, 0.05) is 37.0 Å². The minimum atomic E-state index is -0.145. The van der Waals surface area contributed by atoms with E-state index in [2.05, 4.69) is 15.4 Å². The number of carbonyl (C=O) groups excluding carboxylic acids is 2. The van der Waals surface area contributed by atoms with Gasteiger partial charge in [-0.2, -0.15) is 5.10 Å². The van der Waals surface area contributed by atoms with Crippen LogP contribution in [0.3, 0.4) is 0 Å². The lowest BCUT2D eigenvalue weighted by atomic mass is 9.94. The monoisotopic (exact) mass is 328 g/mol. The second-order valence-corrected chi connectivity index (χ2v) is 6.53. The van der Waals surface area contributed by atoms with Crippen LogP contribution in [0.5, 0.6) is 0 Å². The Balaban J connectivity index is 1.69. The summed E-state index contributed by atoms with van der Waals surface area (Å²) >= 11 is 0. The number of aryl methyl sites for hydroxylation is 3. The molecular formula is C18H24N4O2. The van der Waals surface area contributed by atoms with Crippen molar-refractivity contribution in [3.63, 3.8) is 0 Å². The molecule has 1 aliphatic rings. The lowest BCUT2D eigenvalue weighted by Crippen LogP contribution is -2.27. The minimum absolute atomic E-state index is 0.144. The van der Waals surface area contributed by atoms with Crippen LogP contribution in [0.15, 0.2) is 0 Å². The van der Waals surface area contributed by atoms with E-state index in [-0.39, 0.29) is 11.7 Å². The third-order valence-electron chi connectivity index (χ3n) is 4.98. The van der Waals surface area contributed by atoms with Crippen LogP contribution in [0.25, 0.3) is 0 Å². The predicted molar refractivity (Wildman–Crippen MR) is 91.5 cm³/mol. The van der Waals surface area contributed by atoms with E-state index in [1.165, 1.54) is 5.56 Å². The van der Waals surface area contributed by atoms with Crippen molar-refractivity contribution < 1.29 is 9.59 Å². The van der Waals surface area contributed by atoms with Gasteiger partial charge in [-0.15, -0.1) is 0 Å². The number of aromatic nitrogens is 3. The number of rotatable bonds is 4. The van der Waals surface area contributed by atoms with Gasteiger partial charge in [0.1, 0.15) is 5.69 Å². The molecule has 0 aromatic carbocycles. The number of H-pyrrole nitrogens is 1. The van der Waals surface area contributed by atoms with Crippen LogP contribution in [0.4, 0.5) is 0 Å². The Morgan fingerprint density at radius 1 is 1.29 bits per heavy atom. The van der Waals surface area contributed by atoms with Gasteiger partial charge < -0.3 is 10.3 Å². The number of nitrogens with zero attached hydrogens (tertiary/aromatic N) is 2. The molecule has 24 heavy (non-hydrogen) atoms. The number of Topliss-reactive ketones (excluding diaryl/α,β-unsaturated/α-hetero) is 1. The number of ketones is 1. The number of carbonyl (C=O) groups is 2. The van der Waals surface area contributed by atoms with Gasteiger partial charge in [-0.25, -0.2) is 0 Å². The minimum Gasteiger partial charge on any atom is -0.354 e. The molecule has 0 unspecified atom stereocenters. The maximum Gasteiger partial charge on any atom is 0.268 e.